The molecule has 14 heavy (non-hydrogen) atoms. The zero-order chi connectivity index (χ0) is 10.6. The molecule has 2 heteroatoms. The second-order valence-electron chi connectivity index (χ2n) is 3.95. The van der Waals surface area contributed by atoms with Crippen LogP contribution in [0.3, 0.4) is 0 Å². The number of hydrogen-bond acceptors (Lipinski definition) is 0. The maximum absolute atomic E-state index is 5.83. The molecule has 78 valence electrons. The van der Waals surface area contributed by atoms with E-state index in [2.05, 4.69) is 41.9 Å². The summed E-state index contributed by atoms with van der Waals surface area (Å²) in [5.74, 6) is 0.713. The van der Waals surface area contributed by atoms with Gasteiger partial charge < -0.3 is 0 Å². The Balaban J connectivity index is 2.47. The predicted molar refractivity (Wildman–Crippen MR) is 67.3 cm³/mol. The van der Waals surface area contributed by atoms with Crippen LogP contribution in [0.15, 0.2) is 24.3 Å². The van der Waals surface area contributed by atoms with Crippen molar-refractivity contribution in [3.8, 4) is 0 Å². The quantitative estimate of drug-likeness (QED) is 0.699. The summed E-state index contributed by atoms with van der Waals surface area (Å²) in [7, 11) is 0. The van der Waals surface area contributed by atoms with E-state index >= 15 is 0 Å². The zero-order valence-electron chi connectivity index (χ0n) is 8.63. The van der Waals surface area contributed by atoms with Crippen molar-refractivity contribution in [3.05, 3.63) is 34.9 Å². The standard InChI is InChI=1S/C12H16BrCl/c1-9(7-10(2)13)8-11-3-5-12(14)6-4-11/h3-6,9-10H,7-8H2,1-2H3. The molecule has 0 spiro atoms. The van der Waals surface area contributed by atoms with Gasteiger partial charge in [0.2, 0.25) is 0 Å². The Morgan fingerprint density at radius 3 is 2.29 bits per heavy atom. The Morgan fingerprint density at radius 2 is 1.79 bits per heavy atom. The molecule has 0 aliphatic heterocycles. The van der Waals surface area contributed by atoms with Gasteiger partial charge in [-0.3, -0.25) is 0 Å². The SMILES string of the molecule is CC(Br)CC(C)Cc1ccc(Cl)cc1. The molecular formula is C12H16BrCl. The Labute approximate surface area is 99.8 Å². The first-order valence-corrected chi connectivity index (χ1v) is 6.26. The van der Waals surface area contributed by atoms with Gasteiger partial charge in [-0.15, -0.1) is 0 Å². The highest BCUT2D eigenvalue weighted by Gasteiger charge is 2.06. The maximum Gasteiger partial charge on any atom is 0.0406 e. The van der Waals surface area contributed by atoms with Gasteiger partial charge in [0, 0.05) is 9.85 Å². The molecule has 1 rings (SSSR count). The fraction of sp³-hybridized carbons (Fsp3) is 0.500. The Bertz CT molecular complexity index is 266. The first kappa shape index (κ1) is 12.1. The molecule has 0 radical (unpaired) electrons. The maximum atomic E-state index is 5.83. The fourth-order valence-electron chi connectivity index (χ4n) is 1.66. The van der Waals surface area contributed by atoms with Gasteiger partial charge in [0.05, 0.1) is 0 Å². The molecule has 1 aromatic rings. The molecule has 0 aromatic heterocycles. The molecule has 2 atom stereocenters. The van der Waals surface area contributed by atoms with Crippen molar-refractivity contribution in [2.45, 2.75) is 31.5 Å². The van der Waals surface area contributed by atoms with Crippen molar-refractivity contribution in [2.75, 3.05) is 0 Å². The summed E-state index contributed by atoms with van der Waals surface area (Å²) < 4.78 is 0. The van der Waals surface area contributed by atoms with Crippen molar-refractivity contribution >= 4 is 27.5 Å². The van der Waals surface area contributed by atoms with E-state index in [1.807, 2.05) is 12.1 Å². The van der Waals surface area contributed by atoms with E-state index in [9.17, 15) is 0 Å². The van der Waals surface area contributed by atoms with Gasteiger partial charge in [0.15, 0.2) is 0 Å². The fourth-order valence-corrected chi connectivity index (χ4v) is 2.42. The minimum Gasteiger partial charge on any atom is -0.0894 e. The highest BCUT2D eigenvalue weighted by Crippen LogP contribution is 2.18. The van der Waals surface area contributed by atoms with Crippen LogP contribution in [0.1, 0.15) is 25.8 Å². The van der Waals surface area contributed by atoms with E-state index < -0.39 is 0 Å². The number of alkyl halides is 1. The first-order chi connectivity index (χ1) is 6.58. The summed E-state index contributed by atoms with van der Waals surface area (Å²) in [4.78, 5) is 0.602. The molecule has 0 nitrogen and oxygen atoms in total. The van der Waals surface area contributed by atoms with Crippen LogP contribution >= 0.6 is 27.5 Å². The molecule has 2 unspecified atom stereocenters. The highest BCUT2D eigenvalue weighted by atomic mass is 79.9. The number of benzene rings is 1. The third-order valence-electron chi connectivity index (χ3n) is 2.22. The second-order valence-corrected chi connectivity index (χ2v) is 5.95. The molecule has 0 fully saturated rings. The van der Waals surface area contributed by atoms with E-state index in [1.165, 1.54) is 12.0 Å². The van der Waals surface area contributed by atoms with E-state index in [0.717, 1.165) is 11.4 Å². The lowest BCUT2D eigenvalue weighted by Gasteiger charge is -2.12. The normalized spacial score (nSPS) is 15.1. The smallest absolute Gasteiger partial charge is 0.0406 e. The van der Waals surface area contributed by atoms with Crippen molar-refractivity contribution < 1.29 is 0 Å². The minimum absolute atomic E-state index is 0.602. The van der Waals surface area contributed by atoms with Crippen LogP contribution in [0.4, 0.5) is 0 Å². The Morgan fingerprint density at radius 1 is 1.21 bits per heavy atom. The average molecular weight is 276 g/mol. The van der Waals surface area contributed by atoms with Gasteiger partial charge in [-0.2, -0.15) is 0 Å². The molecule has 0 aliphatic carbocycles. The number of hydrogen-bond donors (Lipinski definition) is 0. The third-order valence-corrected chi connectivity index (χ3v) is 2.85. The summed E-state index contributed by atoms with van der Waals surface area (Å²) >= 11 is 9.40. The minimum atomic E-state index is 0.602. The second kappa shape index (κ2) is 5.77. The summed E-state index contributed by atoms with van der Waals surface area (Å²) in [5.41, 5.74) is 1.37. The summed E-state index contributed by atoms with van der Waals surface area (Å²) in [6.07, 6.45) is 2.34. The topological polar surface area (TPSA) is 0 Å². The van der Waals surface area contributed by atoms with Gasteiger partial charge in [-0.1, -0.05) is 53.5 Å². The first-order valence-electron chi connectivity index (χ1n) is 4.96. The lowest BCUT2D eigenvalue weighted by molar-refractivity contribution is 0.533. The molecule has 0 saturated carbocycles. The van der Waals surface area contributed by atoms with Crippen LogP contribution in [-0.2, 0) is 6.42 Å². The molecule has 0 heterocycles. The average Bonchev–Trinajstić information content (AvgIpc) is 2.07. The van der Waals surface area contributed by atoms with Gasteiger partial charge in [-0.05, 0) is 36.5 Å². The van der Waals surface area contributed by atoms with E-state index in [4.69, 9.17) is 11.6 Å². The summed E-state index contributed by atoms with van der Waals surface area (Å²) in [5, 5.41) is 0.815. The van der Waals surface area contributed by atoms with E-state index in [0.29, 0.717) is 10.7 Å². The highest BCUT2D eigenvalue weighted by molar-refractivity contribution is 9.09. The van der Waals surface area contributed by atoms with Crippen LogP contribution in [0.5, 0.6) is 0 Å². The summed E-state index contributed by atoms with van der Waals surface area (Å²) in [6.45, 7) is 4.48. The van der Waals surface area contributed by atoms with Gasteiger partial charge in [0.25, 0.3) is 0 Å². The van der Waals surface area contributed by atoms with E-state index in [-0.39, 0.29) is 0 Å². The van der Waals surface area contributed by atoms with Crippen LogP contribution < -0.4 is 0 Å². The lowest BCUT2D eigenvalue weighted by Crippen LogP contribution is -2.04. The van der Waals surface area contributed by atoms with Gasteiger partial charge in [0.1, 0.15) is 0 Å². The van der Waals surface area contributed by atoms with Crippen molar-refractivity contribution in [2.24, 2.45) is 5.92 Å². The Kier molecular flexibility index (Phi) is 4.97. The van der Waals surface area contributed by atoms with Crippen LogP contribution in [0.25, 0.3) is 0 Å². The molecule has 0 aliphatic rings. The predicted octanol–water partition coefficient (Wildman–Crippen LogP) is 4.69. The number of halogens is 2. The molecule has 0 bridgehead atoms. The monoisotopic (exact) mass is 274 g/mol. The molecule has 0 N–H and O–H groups in total. The molecule has 0 saturated heterocycles. The van der Waals surface area contributed by atoms with Gasteiger partial charge >= 0.3 is 0 Å². The summed E-state index contributed by atoms with van der Waals surface area (Å²) in [6, 6.07) is 8.14. The molecular weight excluding hydrogens is 259 g/mol. The third kappa shape index (κ3) is 4.47. The number of rotatable bonds is 4. The molecule has 0 amide bonds. The zero-order valence-corrected chi connectivity index (χ0v) is 11.0. The lowest BCUT2D eigenvalue weighted by atomic mass is 9.97. The molecule has 1 aromatic carbocycles. The largest absolute Gasteiger partial charge is 0.0894 e. The van der Waals surface area contributed by atoms with Crippen LogP contribution in [0.2, 0.25) is 5.02 Å². The van der Waals surface area contributed by atoms with Crippen LogP contribution in [-0.4, -0.2) is 4.83 Å². The van der Waals surface area contributed by atoms with Crippen LogP contribution in [0, 0.1) is 5.92 Å². The van der Waals surface area contributed by atoms with Crippen molar-refractivity contribution in [3.63, 3.8) is 0 Å². The van der Waals surface area contributed by atoms with Crippen molar-refractivity contribution in [1.82, 2.24) is 0 Å². The van der Waals surface area contributed by atoms with Crippen molar-refractivity contribution in [1.29, 1.82) is 0 Å². The van der Waals surface area contributed by atoms with E-state index in [1.54, 1.807) is 0 Å². The Hall–Kier alpha value is -0.0100. The van der Waals surface area contributed by atoms with Gasteiger partial charge in [-0.25, -0.2) is 0 Å².